The number of nitro groups is 1. The molecule has 1 aromatic heterocycles. The van der Waals surface area contributed by atoms with E-state index in [1.165, 1.54) is 19.2 Å². The van der Waals surface area contributed by atoms with Crippen molar-refractivity contribution in [2.45, 2.75) is 19.9 Å². The molecule has 1 heterocycles. The molecule has 0 atom stereocenters. The zero-order chi connectivity index (χ0) is 15.4. The first kappa shape index (κ1) is 14.7. The predicted octanol–water partition coefficient (Wildman–Crippen LogP) is 2.65. The summed E-state index contributed by atoms with van der Waals surface area (Å²) in [5.74, 6) is -0.610. The molecule has 0 saturated carbocycles. The number of nitro benzene ring substituents is 1. The fraction of sp³-hybridized carbons (Fsp3) is 0.286. The van der Waals surface area contributed by atoms with Gasteiger partial charge in [0.25, 0.3) is 5.69 Å². The number of aryl methyl sites for hydroxylation is 1. The Balaban J connectivity index is 2.48. The third-order valence-electron chi connectivity index (χ3n) is 2.97. The largest absolute Gasteiger partial charge is 0.465 e. The van der Waals surface area contributed by atoms with E-state index in [1.54, 1.807) is 23.1 Å². The highest BCUT2D eigenvalue weighted by Crippen LogP contribution is 2.26. The van der Waals surface area contributed by atoms with E-state index in [9.17, 15) is 14.9 Å². The van der Waals surface area contributed by atoms with Crippen LogP contribution < -0.4 is 0 Å². The predicted molar refractivity (Wildman–Crippen MR) is 75.9 cm³/mol. The lowest BCUT2D eigenvalue weighted by Gasteiger charge is -2.03. The van der Waals surface area contributed by atoms with E-state index in [0.717, 1.165) is 18.5 Å². The molecule has 110 valence electrons. The first-order valence-electron chi connectivity index (χ1n) is 6.45. The minimum atomic E-state index is -0.610. The SMILES string of the molecule is CCCn1cc(-c2cc(C(=O)OC)cc([N+](=O)[O-])c2)cn1. The van der Waals surface area contributed by atoms with Gasteiger partial charge in [0.1, 0.15) is 0 Å². The van der Waals surface area contributed by atoms with Crippen molar-refractivity contribution >= 4 is 11.7 Å². The van der Waals surface area contributed by atoms with Crippen LogP contribution in [0.4, 0.5) is 5.69 Å². The Morgan fingerprint density at radius 2 is 2.14 bits per heavy atom. The molecule has 0 fully saturated rings. The first-order chi connectivity index (χ1) is 10.0. The van der Waals surface area contributed by atoms with Crippen LogP contribution >= 0.6 is 0 Å². The zero-order valence-corrected chi connectivity index (χ0v) is 11.8. The normalized spacial score (nSPS) is 10.4. The molecular formula is C14H15N3O4. The Kier molecular flexibility index (Phi) is 4.32. The molecule has 0 aliphatic rings. The lowest BCUT2D eigenvalue weighted by molar-refractivity contribution is -0.384. The molecule has 0 radical (unpaired) electrons. The van der Waals surface area contributed by atoms with Gasteiger partial charge in [-0.3, -0.25) is 14.8 Å². The van der Waals surface area contributed by atoms with E-state index in [2.05, 4.69) is 9.84 Å². The van der Waals surface area contributed by atoms with E-state index in [0.29, 0.717) is 5.56 Å². The van der Waals surface area contributed by atoms with Crippen LogP contribution in [-0.2, 0) is 11.3 Å². The number of non-ortho nitro benzene ring substituents is 1. The van der Waals surface area contributed by atoms with Gasteiger partial charge >= 0.3 is 5.97 Å². The molecule has 0 unspecified atom stereocenters. The Bertz CT molecular complexity index is 679. The number of aromatic nitrogens is 2. The van der Waals surface area contributed by atoms with Gasteiger partial charge in [-0.2, -0.15) is 5.10 Å². The third kappa shape index (κ3) is 3.25. The number of esters is 1. The van der Waals surface area contributed by atoms with Crippen LogP contribution in [0.3, 0.4) is 0 Å². The first-order valence-corrected chi connectivity index (χ1v) is 6.45. The molecule has 0 saturated heterocycles. The third-order valence-corrected chi connectivity index (χ3v) is 2.97. The number of rotatable bonds is 5. The van der Waals surface area contributed by atoms with Gasteiger partial charge in [0.15, 0.2) is 0 Å². The van der Waals surface area contributed by atoms with Gasteiger partial charge in [0.2, 0.25) is 0 Å². The van der Waals surface area contributed by atoms with Crippen LogP contribution in [0.1, 0.15) is 23.7 Å². The molecule has 0 bridgehead atoms. The van der Waals surface area contributed by atoms with Crippen molar-refractivity contribution in [2.75, 3.05) is 7.11 Å². The maximum Gasteiger partial charge on any atom is 0.338 e. The van der Waals surface area contributed by atoms with E-state index < -0.39 is 10.9 Å². The topological polar surface area (TPSA) is 87.3 Å². The number of ether oxygens (including phenoxy) is 1. The highest BCUT2D eigenvalue weighted by Gasteiger charge is 2.16. The van der Waals surface area contributed by atoms with Gasteiger partial charge in [-0.05, 0) is 18.1 Å². The fourth-order valence-electron chi connectivity index (χ4n) is 1.98. The highest BCUT2D eigenvalue weighted by molar-refractivity contribution is 5.92. The van der Waals surface area contributed by atoms with Gasteiger partial charge < -0.3 is 4.74 Å². The Morgan fingerprint density at radius 3 is 2.76 bits per heavy atom. The summed E-state index contributed by atoms with van der Waals surface area (Å²) < 4.78 is 6.38. The minimum absolute atomic E-state index is 0.143. The van der Waals surface area contributed by atoms with E-state index in [-0.39, 0.29) is 11.3 Å². The molecule has 21 heavy (non-hydrogen) atoms. The zero-order valence-electron chi connectivity index (χ0n) is 11.8. The maximum absolute atomic E-state index is 11.6. The quantitative estimate of drug-likeness (QED) is 0.479. The summed E-state index contributed by atoms with van der Waals surface area (Å²) in [7, 11) is 1.24. The van der Waals surface area contributed by atoms with Gasteiger partial charge in [0, 0.05) is 30.4 Å². The Morgan fingerprint density at radius 1 is 1.38 bits per heavy atom. The molecule has 7 heteroatoms. The van der Waals surface area contributed by atoms with Gasteiger partial charge in [-0.1, -0.05) is 6.92 Å². The van der Waals surface area contributed by atoms with Crippen LogP contribution in [0.5, 0.6) is 0 Å². The Labute approximate surface area is 121 Å². The number of carbonyl (C=O) groups excluding carboxylic acids is 1. The summed E-state index contributed by atoms with van der Waals surface area (Å²) in [5.41, 5.74) is 1.27. The van der Waals surface area contributed by atoms with Crippen LogP contribution in [0.25, 0.3) is 11.1 Å². The van der Waals surface area contributed by atoms with Crippen LogP contribution in [0.2, 0.25) is 0 Å². The molecule has 2 rings (SSSR count). The average molecular weight is 289 g/mol. The molecule has 0 aliphatic carbocycles. The number of hydrogen-bond donors (Lipinski definition) is 0. The Hall–Kier alpha value is -2.70. The summed E-state index contributed by atoms with van der Waals surface area (Å²) >= 11 is 0. The number of methoxy groups -OCH3 is 1. The van der Waals surface area contributed by atoms with Crippen molar-refractivity contribution in [3.63, 3.8) is 0 Å². The van der Waals surface area contributed by atoms with Crippen molar-refractivity contribution < 1.29 is 14.5 Å². The summed E-state index contributed by atoms with van der Waals surface area (Å²) in [6.07, 6.45) is 4.35. The molecule has 1 aromatic carbocycles. The number of hydrogen-bond acceptors (Lipinski definition) is 5. The molecule has 0 spiro atoms. The number of nitrogens with zero attached hydrogens (tertiary/aromatic N) is 3. The van der Waals surface area contributed by atoms with E-state index in [4.69, 9.17) is 0 Å². The van der Waals surface area contributed by atoms with Crippen molar-refractivity contribution in [3.8, 4) is 11.1 Å². The average Bonchev–Trinajstić information content (AvgIpc) is 2.95. The smallest absolute Gasteiger partial charge is 0.338 e. The second-order valence-electron chi connectivity index (χ2n) is 4.51. The van der Waals surface area contributed by atoms with E-state index >= 15 is 0 Å². The summed E-state index contributed by atoms with van der Waals surface area (Å²) in [6.45, 7) is 2.79. The fourth-order valence-corrected chi connectivity index (χ4v) is 1.98. The summed E-state index contributed by atoms with van der Waals surface area (Å²) in [6, 6.07) is 4.18. The monoisotopic (exact) mass is 289 g/mol. The molecule has 7 nitrogen and oxygen atoms in total. The van der Waals surface area contributed by atoms with Crippen LogP contribution in [0, 0.1) is 10.1 Å². The van der Waals surface area contributed by atoms with E-state index in [1.807, 2.05) is 6.92 Å². The number of carbonyl (C=O) groups is 1. The number of benzene rings is 1. The van der Waals surface area contributed by atoms with Gasteiger partial charge in [-0.25, -0.2) is 4.79 Å². The molecule has 0 amide bonds. The van der Waals surface area contributed by atoms with Crippen LogP contribution in [-0.4, -0.2) is 27.8 Å². The van der Waals surface area contributed by atoms with Crippen LogP contribution in [0.15, 0.2) is 30.6 Å². The summed E-state index contributed by atoms with van der Waals surface area (Å²) in [5, 5.41) is 15.2. The lowest BCUT2D eigenvalue weighted by atomic mass is 10.0. The van der Waals surface area contributed by atoms with Crippen molar-refractivity contribution in [3.05, 3.63) is 46.3 Å². The standard InChI is InChI=1S/C14H15N3O4/c1-3-4-16-9-12(8-15-16)10-5-11(14(18)21-2)7-13(6-10)17(19)20/h5-9H,3-4H2,1-2H3. The molecule has 0 aliphatic heterocycles. The van der Waals surface area contributed by atoms with Crippen molar-refractivity contribution in [1.29, 1.82) is 0 Å². The molecule has 0 N–H and O–H groups in total. The van der Waals surface area contributed by atoms with Gasteiger partial charge in [-0.15, -0.1) is 0 Å². The molecular weight excluding hydrogens is 274 g/mol. The lowest BCUT2D eigenvalue weighted by Crippen LogP contribution is -2.02. The van der Waals surface area contributed by atoms with Crippen molar-refractivity contribution in [2.24, 2.45) is 0 Å². The highest BCUT2D eigenvalue weighted by atomic mass is 16.6. The second kappa shape index (κ2) is 6.17. The molecule has 2 aromatic rings. The van der Waals surface area contributed by atoms with Crippen molar-refractivity contribution in [1.82, 2.24) is 9.78 Å². The maximum atomic E-state index is 11.6. The minimum Gasteiger partial charge on any atom is -0.465 e. The second-order valence-corrected chi connectivity index (χ2v) is 4.51. The summed E-state index contributed by atoms with van der Waals surface area (Å²) in [4.78, 5) is 22.1. The van der Waals surface area contributed by atoms with Gasteiger partial charge in [0.05, 0.1) is 23.8 Å².